The smallest absolute Gasteiger partial charge is 0.431 e. The fourth-order valence-electron chi connectivity index (χ4n) is 0.292. The van der Waals surface area contributed by atoms with Crippen LogP contribution in [0.3, 0.4) is 0 Å². The summed E-state index contributed by atoms with van der Waals surface area (Å²) in [5.41, 5.74) is 0. The number of carbonyl (C=O) groups excluding carboxylic acids is 1. The highest BCUT2D eigenvalue weighted by Crippen LogP contribution is 1.92. The van der Waals surface area contributed by atoms with Gasteiger partial charge in [-0.1, -0.05) is 0 Å². The maximum absolute atomic E-state index is 9.80. The van der Waals surface area contributed by atoms with Gasteiger partial charge >= 0.3 is 6.16 Å². The van der Waals surface area contributed by atoms with Crippen LogP contribution >= 0.6 is 24.0 Å². The van der Waals surface area contributed by atoms with Crippen LogP contribution in [-0.2, 0) is 9.47 Å². The molecule has 0 aromatic rings. The third-order valence-corrected chi connectivity index (χ3v) is 0.523. The van der Waals surface area contributed by atoms with Crippen molar-refractivity contribution in [3.05, 3.63) is 0 Å². The summed E-state index contributed by atoms with van der Waals surface area (Å²) in [6, 6.07) is 0. The first-order chi connectivity index (χ1) is 2.89. The highest BCUT2D eigenvalue weighted by molar-refractivity contribution is 14.0. The van der Waals surface area contributed by atoms with E-state index in [4.69, 9.17) is 0 Å². The fourth-order valence-corrected chi connectivity index (χ4v) is 0.292. The number of hydrogen-bond donors (Lipinski definition) is 0. The summed E-state index contributed by atoms with van der Waals surface area (Å²) in [6.45, 7) is 0.831. The number of ether oxygens (including phenoxy) is 2. The fraction of sp³-hybridized carbons (Fsp3) is 0.667. The Morgan fingerprint density at radius 3 is 1.86 bits per heavy atom. The van der Waals surface area contributed by atoms with Gasteiger partial charge in [0.15, 0.2) is 0 Å². The van der Waals surface area contributed by atoms with Crippen molar-refractivity contribution >= 4 is 30.1 Å². The minimum absolute atomic E-state index is 0. The van der Waals surface area contributed by atoms with Crippen LogP contribution in [0.5, 0.6) is 0 Å². The molecule has 1 aliphatic heterocycles. The van der Waals surface area contributed by atoms with E-state index in [1.807, 2.05) is 0 Å². The van der Waals surface area contributed by atoms with E-state index in [1.165, 1.54) is 0 Å². The number of hydrogen-bond acceptors (Lipinski definition) is 3. The molecule has 1 rings (SSSR count). The summed E-state index contributed by atoms with van der Waals surface area (Å²) in [7, 11) is 0. The molecule has 0 spiro atoms. The molecule has 1 heterocycles. The van der Waals surface area contributed by atoms with E-state index in [0.29, 0.717) is 13.2 Å². The molecule has 1 aliphatic rings. The molecule has 7 heavy (non-hydrogen) atoms. The maximum Gasteiger partial charge on any atom is 0.508 e. The molecule has 0 aliphatic carbocycles. The van der Waals surface area contributed by atoms with Gasteiger partial charge in [-0.15, -0.1) is 24.0 Å². The van der Waals surface area contributed by atoms with Crippen molar-refractivity contribution in [1.82, 2.24) is 0 Å². The first-order valence-electron chi connectivity index (χ1n) is 1.69. The molecule has 1 fully saturated rings. The molecule has 42 valence electrons. The summed E-state index contributed by atoms with van der Waals surface area (Å²) in [5.74, 6) is 0. The van der Waals surface area contributed by atoms with Gasteiger partial charge in [-0.25, -0.2) is 4.79 Å². The average molecular weight is 216 g/mol. The lowest BCUT2D eigenvalue weighted by atomic mass is 10.8. The second-order valence-electron chi connectivity index (χ2n) is 0.947. The van der Waals surface area contributed by atoms with Crippen molar-refractivity contribution in [2.45, 2.75) is 0 Å². The van der Waals surface area contributed by atoms with Gasteiger partial charge in [-0.2, -0.15) is 0 Å². The van der Waals surface area contributed by atoms with Crippen LogP contribution in [-0.4, -0.2) is 19.4 Å². The van der Waals surface area contributed by atoms with Crippen molar-refractivity contribution in [3.8, 4) is 0 Å². The Morgan fingerprint density at radius 2 is 1.71 bits per heavy atom. The van der Waals surface area contributed by atoms with E-state index in [0.717, 1.165) is 0 Å². The van der Waals surface area contributed by atoms with Crippen molar-refractivity contribution in [2.75, 3.05) is 13.2 Å². The Morgan fingerprint density at radius 1 is 1.29 bits per heavy atom. The Labute approximate surface area is 58.0 Å². The van der Waals surface area contributed by atoms with Crippen LogP contribution in [0.25, 0.3) is 0 Å². The zero-order valence-electron chi connectivity index (χ0n) is 3.55. The minimum atomic E-state index is -0.546. The Kier molecular flexibility index (Phi) is 3.06. The summed E-state index contributed by atoms with van der Waals surface area (Å²) < 4.78 is 8.58. The number of carbonyl (C=O) groups is 1. The average Bonchev–Trinajstić information content (AvgIpc) is 1.86. The molecule has 4 heteroatoms. The van der Waals surface area contributed by atoms with E-state index >= 15 is 0 Å². The van der Waals surface area contributed by atoms with Crippen LogP contribution in [0.4, 0.5) is 4.79 Å². The van der Waals surface area contributed by atoms with E-state index in [9.17, 15) is 4.79 Å². The molecule has 0 saturated carbocycles. The molecule has 0 amide bonds. The monoisotopic (exact) mass is 216 g/mol. The first kappa shape index (κ1) is 7.00. The predicted molar refractivity (Wildman–Crippen MR) is 32.7 cm³/mol. The van der Waals surface area contributed by atoms with Gasteiger partial charge in [-0.3, -0.25) is 0 Å². The minimum Gasteiger partial charge on any atom is -0.431 e. The standard InChI is InChI=1S/C3H4O3.HI/c4-3-5-1-2-6-3;/h1-2H2;1H. The first-order valence-corrected chi connectivity index (χ1v) is 1.69. The van der Waals surface area contributed by atoms with Gasteiger partial charge in [0.1, 0.15) is 13.2 Å². The van der Waals surface area contributed by atoms with Gasteiger partial charge in [0.25, 0.3) is 0 Å². The van der Waals surface area contributed by atoms with Crippen LogP contribution in [0.2, 0.25) is 0 Å². The van der Waals surface area contributed by atoms with Crippen molar-refractivity contribution in [1.29, 1.82) is 0 Å². The van der Waals surface area contributed by atoms with Crippen LogP contribution < -0.4 is 0 Å². The van der Waals surface area contributed by atoms with Gasteiger partial charge < -0.3 is 9.47 Å². The van der Waals surface area contributed by atoms with Gasteiger partial charge in [0.2, 0.25) is 0 Å². The predicted octanol–water partition coefficient (Wildman–Crippen LogP) is 0.771. The lowest BCUT2D eigenvalue weighted by molar-refractivity contribution is 0.131. The van der Waals surface area contributed by atoms with E-state index < -0.39 is 6.16 Å². The maximum atomic E-state index is 9.80. The van der Waals surface area contributed by atoms with Crippen molar-refractivity contribution in [3.63, 3.8) is 0 Å². The lowest BCUT2D eigenvalue weighted by Gasteiger charge is -1.78. The largest absolute Gasteiger partial charge is 0.508 e. The van der Waals surface area contributed by atoms with Gasteiger partial charge in [0, 0.05) is 0 Å². The Hall–Kier alpha value is 0. The zero-order valence-corrected chi connectivity index (χ0v) is 5.88. The summed E-state index contributed by atoms with van der Waals surface area (Å²) in [4.78, 5) is 9.80. The topological polar surface area (TPSA) is 35.5 Å². The van der Waals surface area contributed by atoms with E-state index in [2.05, 4.69) is 9.47 Å². The molecule has 0 unspecified atom stereocenters. The zero-order chi connectivity index (χ0) is 4.41. The second-order valence-corrected chi connectivity index (χ2v) is 0.947. The number of cyclic esters (lactones) is 2. The Balaban J connectivity index is 0.000000360. The van der Waals surface area contributed by atoms with Crippen molar-refractivity contribution < 1.29 is 14.3 Å². The molecular formula is C3H5IO3. The summed E-state index contributed by atoms with van der Waals surface area (Å²) >= 11 is 0. The number of rotatable bonds is 0. The van der Waals surface area contributed by atoms with Crippen LogP contribution in [0.15, 0.2) is 0 Å². The third-order valence-electron chi connectivity index (χ3n) is 0.523. The normalized spacial score (nSPS) is 16.9. The summed E-state index contributed by atoms with van der Waals surface area (Å²) in [6.07, 6.45) is -0.546. The van der Waals surface area contributed by atoms with Crippen LogP contribution in [0, 0.1) is 0 Å². The summed E-state index contributed by atoms with van der Waals surface area (Å²) in [5, 5.41) is 0. The third kappa shape index (κ3) is 1.96. The lowest BCUT2D eigenvalue weighted by Crippen LogP contribution is -1.88. The molecule has 3 nitrogen and oxygen atoms in total. The highest BCUT2D eigenvalue weighted by Gasteiger charge is 2.09. The molecule has 0 atom stereocenters. The van der Waals surface area contributed by atoms with Crippen molar-refractivity contribution in [2.24, 2.45) is 0 Å². The van der Waals surface area contributed by atoms with Crippen LogP contribution in [0.1, 0.15) is 0 Å². The second kappa shape index (κ2) is 3.06. The molecular weight excluding hydrogens is 211 g/mol. The van der Waals surface area contributed by atoms with E-state index in [-0.39, 0.29) is 24.0 Å². The van der Waals surface area contributed by atoms with Gasteiger partial charge in [0.05, 0.1) is 0 Å². The highest BCUT2D eigenvalue weighted by atomic mass is 127. The molecule has 0 N–H and O–H groups in total. The quantitative estimate of drug-likeness (QED) is 0.443. The molecule has 0 bridgehead atoms. The molecule has 0 aromatic heterocycles. The van der Waals surface area contributed by atoms with Gasteiger partial charge in [-0.05, 0) is 0 Å². The molecule has 1 saturated heterocycles. The molecule has 0 aromatic carbocycles. The molecule has 0 radical (unpaired) electrons. The Bertz CT molecular complexity index is 64.6. The van der Waals surface area contributed by atoms with E-state index in [1.54, 1.807) is 0 Å². The SMILES string of the molecule is I.O=C1OCCO1. The number of halogens is 1.